The molecular weight excluding hydrogens is 551 g/mol. The van der Waals surface area contributed by atoms with E-state index in [0.29, 0.717) is 36.0 Å². The summed E-state index contributed by atoms with van der Waals surface area (Å²) in [5.41, 5.74) is 2.94. The van der Waals surface area contributed by atoms with Gasteiger partial charge in [-0.25, -0.2) is 0 Å². The van der Waals surface area contributed by atoms with Gasteiger partial charge in [0.2, 0.25) is 11.8 Å². The number of allylic oxidation sites excluding steroid dienone is 5. The summed E-state index contributed by atoms with van der Waals surface area (Å²) >= 11 is 7.77. The third kappa shape index (κ3) is 8.17. The Kier molecular flexibility index (Phi) is 10.2. The first-order valence-corrected chi connectivity index (χ1v) is 13.6. The Labute approximate surface area is 232 Å². The van der Waals surface area contributed by atoms with Gasteiger partial charge in [-0.2, -0.15) is 13.9 Å². The average molecular weight is 582 g/mol. The van der Waals surface area contributed by atoms with Crippen molar-refractivity contribution < 1.29 is 18.4 Å². The van der Waals surface area contributed by atoms with E-state index in [4.69, 9.17) is 17.3 Å². The number of aromatic nitrogens is 2. The predicted molar refractivity (Wildman–Crippen MR) is 152 cm³/mol. The molecule has 0 radical (unpaired) electrons. The summed E-state index contributed by atoms with van der Waals surface area (Å²) in [6, 6.07) is 1.97. The summed E-state index contributed by atoms with van der Waals surface area (Å²) in [6.45, 7) is 5.34. The van der Waals surface area contributed by atoms with Crippen LogP contribution in [0, 0.1) is 0 Å². The van der Waals surface area contributed by atoms with Crippen LogP contribution in [0.25, 0.3) is 5.57 Å². The van der Waals surface area contributed by atoms with Crippen molar-refractivity contribution in [1.29, 1.82) is 0 Å². The van der Waals surface area contributed by atoms with Crippen LogP contribution in [0.5, 0.6) is 0 Å². The minimum atomic E-state index is -3.30. The highest BCUT2D eigenvalue weighted by Gasteiger charge is 2.32. The number of hydrogen-bond donors (Lipinski definition) is 1. The lowest BCUT2D eigenvalue weighted by Gasteiger charge is -2.32. The molecule has 7 nitrogen and oxygen atoms in total. The number of rotatable bonds is 11. The fourth-order valence-electron chi connectivity index (χ4n) is 4.05. The van der Waals surface area contributed by atoms with Gasteiger partial charge in [-0.1, -0.05) is 57.8 Å². The molecular formula is C26H31ClF2N5O2PS. The van der Waals surface area contributed by atoms with E-state index in [-0.39, 0.29) is 23.9 Å². The zero-order valence-electron chi connectivity index (χ0n) is 21.2. The first-order valence-electron chi connectivity index (χ1n) is 11.8. The van der Waals surface area contributed by atoms with Gasteiger partial charge in [0.15, 0.2) is 0 Å². The number of thiophene rings is 1. The zero-order valence-corrected chi connectivity index (χ0v) is 24.0. The highest BCUT2D eigenvalue weighted by Crippen LogP contribution is 2.39. The molecule has 12 heteroatoms. The molecule has 2 N–H and O–H groups in total. The molecule has 1 unspecified atom stereocenters. The topological polar surface area (TPSA) is 84.5 Å². The second-order valence-electron chi connectivity index (χ2n) is 9.24. The normalized spacial score (nSPS) is 16.3. The quantitative estimate of drug-likeness (QED) is 0.235. The second kappa shape index (κ2) is 12.9. The fourth-order valence-corrected chi connectivity index (χ4v) is 5.64. The third-order valence-corrected chi connectivity index (χ3v) is 7.31. The van der Waals surface area contributed by atoms with E-state index in [1.807, 2.05) is 48.2 Å². The Hall–Kier alpha value is -2.65. The number of carbonyl (C=O) groups excluding carboxylic acids is 2. The van der Waals surface area contributed by atoms with Crippen LogP contribution in [0.2, 0.25) is 4.34 Å². The Morgan fingerprint density at radius 1 is 1.34 bits per heavy atom. The monoisotopic (exact) mass is 581 g/mol. The maximum atomic E-state index is 14.0. The molecule has 38 heavy (non-hydrogen) atoms. The molecule has 2 amide bonds. The maximum Gasteiger partial charge on any atom is 0.302 e. The minimum absolute atomic E-state index is 0.0363. The van der Waals surface area contributed by atoms with Gasteiger partial charge in [-0.15, -0.1) is 11.3 Å². The molecule has 0 spiro atoms. The molecule has 1 aliphatic rings. The van der Waals surface area contributed by atoms with E-state index in [1.165, 1.54) is 26.8 Å². The largest absolute Gasteiger partial charge is 0.368 e. The highest BCUT2D eigenvalue weighted by molar-refractivity contribution is 7.17. The zero-order chi connectivity index (χ0) is 28.0. The number of nitrogens with two attached hydrogens (primary N) is 1. The van der Waals surface area contributed by atoms with Crippen LogP contribution < -0.4 is 5.73 Å². The lowest BCUT2D eigenvalue weighted by atomic mass is 9.92. The molecule has 3 heterocycles. The SMILES string of the molecule is C=C(/C=C\C=C/C[C@@H]1CN(C(=O)/C=C/CN(C)C)Cc2sc(Cl)cc21)c1cn(CC(N)=O)nc1C(F)(F)P. The summed E-state index contributed by atoms with van der Waals surface area (Å²) in [5.74, 6) is -0.647. The van der Waals surface area contributed by atoms with E-state index in [1.54, 1.807) is 18.2 Å². The van der Waals surface area contributed by atoms with Crippen LogP contribution >= 0.6 is 32.2 Å². The molecule has 0 bridgehead atoms. The standard InChI is InChI=1S/C26H31ClF2N5O2PS/c1-17(20-14-34(16-23(30)35)31-25(20)26(28,29)37)8-5-4-6-9-18-13-33(24(36)10-7-11-32(2)3)15-21-19(18)12-22(27)38-21/h4-8,10,12,14,18H,1,9,11,13,15-16,37H2,2-3H3,(H2,30,35)/b6-4-,8-5-,10-7+/t18-/m1/s1. The van der Waals surface area contributed by atoms with Crippen molar-refractivity contribution >= 4 is 49.6 Å². The van der Waals surface area contributed by atoms with Gasteiger partial charge in [-0.05, 0) is 37.7 Å². The van der Waals surface area contributed by atoms with Crippen LogP contribution in [-0.4, -0.2) is 58.6 Å². The molecule has 0 saturated carbocycles. The Bertz CT molecular complexity index is 1280. The smallest absolute Gasteiger partial charge is 0.302 e. The highest BCUT2D eigenvalue weighted by atomic mass is 35.5. The summed E-state index contributed by atoms with van der Waals surface area (Å²) in [5, 5.41) is 3.80. The molecule has 2 atom stereocenters. The van der Waals surface area contributed by atoms with E-state index in [9.17, 15) is 18.4 Å². The van der Waals surface area contributed by atoms with E-state index >= 15 is 0 Å². The lowest BCUT2D eigenvalue weighted by Crippen LogP contribution is -2.36. The van der Waals surface area contributed by atoms with Crippen molar-refractivity contribution in [2.75, 3.05) is 27.2 Å². The number of carbonyl (C=O) groups is 2. The lowest BCUT2D eigenvalue weighted by molar-refractivity contribution is -0.127. The molecule has 0 aliphatic carbocycles. The number of hydrogen-bond acceptors (Lipinski definition) is 5. The Balaban J connectivity index is 1.68. The van der Waals surface area contributed by atoms with Gasteiger partial charge in [0.1, 0.15) is 12.2 Å². The van der Waals surface area contributed by atoms with Crippen molar-refractivity contribution in [3.05, 3.63) is 81.3 Å². The number of nitrogens with zero attached hydrogens (tertiary/aromatic N) is 4. The molecule has 3 rings (SSSR count). The van der Waals surface area contributed by atoms with Crippen LogP contribution in [0.15, 0.2) is 55.3 Å². The Morgan fingerprint density at radius 3 is 2.74 bits per heavy atom. The van der Waals surface area contributed by atoms with Crippen molar-refractivity contribution in [3.63, 3.8) is 0 Å². The van der Waals surface area contributed by atoms with E-state index < -0.39 is 17.3 Å². The Morgan fingerprint density at radius 2 is 2.08 bits per heavy atom. The first kappa shape index (κ1) is 29.9. The van der Waals surface area contributed by atoms with E-state index in [2.05, 4.69) is 11.7 Å². The van der Waals surface area contributed by atoms with Gasteiger partial charge in [0, 0.05) is 41.7 Å². The number of amides is 2. The van der Waals surface area contributed by atoms with Crippen LogP contribution in [-0.2, 0) is 28.3 Å². The number of alkyl halides is 2. The van der Waals surface area contributed by atoms with Crippen molar-refractivity contribution in [1.82, 2.24) is 19.6 Å². The van der Waals surface area contributed by atoms with Crippen molar-refractivity contribution in [3.8, 4) is 0 Å². The summed E-state index contributed by atoms with van der Waals surface area (Å²) in [4.78, 5) is 28.8. The second-order valence-corrected chi connectivity index (χ2v) is 11.7. The number of fused-ring (bicyclic) bond motifs is 1. The summed E-state index contributed by atoms with van der Waals surface area (Å²) in [7, 11) is 5.33. The van der Waals surface area contributed by atoms with Crippen molar-refractivity contribution in [2.45, 2.75) is 31.1 Å². The average Bonchev–Trinajstić information content (AvgIpc) is 3.40. The molecule has 0 fully saturated rings. The molecule has 1 aliphatic heterocycles. The first-order chi connectivity index (χ1) is 17.8. The molecule has 0 saturated heterocycles. The predicted octanol–water partition coefficient (Wildman–Crippen LogP) is 4.77. The minimum Gasteiger partial charge on any atom is -0.368 e. The van der Waals surface area contributed by atoms with Gasteiger partial charge >= 0.3 is 5.66 Å². The van der Waals surface area contributed by atoms with Crippen LogP contribution in [0.3, 0.4) is 0 Å². The number of primary amides is 1. The van der Waals surface area contributed by atoms with Crippen LogP contribution in [0.4, 0.5) is 8.78 Å². The molecule has 204 valence electrons. The molecule has 2 aromatic heterocycles. The van der Waals surface area contributed by atoms with Gasteiger partial charge < -0.3 is 15.5 Å². The molecule has 0 aromatic carbocycles. The van der Waals surface area contributed by atoms with Gasteiger partial charge in [0.05, 0.1) is 10.9 Å². The summed E-state index contributed by atoms with van der Waals surface area (Å²) < 4.78 is 29.8. The third-order valence-electron chi connectivity index (χ3n) is 5.78. The molecule has 2 aromatic rings. The summed E-state index contributed by atoms with van der Waals surface area (Å²) in [6.07, 6.45) is 12.5. The fraction of sp³-hybridized carbons (Fsp3) is 0.346. The van der Waals surface area contributed by atoms with E-state index in [0.717, 1.165) is 15.1 Å². The van der Waals surface area contributed by atoms with Crippen LogP contribution in [0.1, 0.15) is 34.0 Å². The van der Waals surface area contributed by atoms with Gasteiger partial charge in [-0.3, -0.25) is 14.3 Å². The van der Waals surface area contributed by atoms with Gasteiger partial charge in [0.25, 0.3) is 0 Å². The maximum absolute atomic E-state index is 14.0. The van der Waals surface area contributed by atoms with Crippen molar-refractivity contribution in [2.24, 2.45) is 5.73 Å². The number of likely N-dealkylation sites (N-methyl/N-ethyl adjacent to an activating group) is 1. The number of halogens is 3.